The molecule has 3 rings (SSSR count). The SMILES string of the molecule is O=C(NCc1cc(F)ccc1F)Nc1ccc2c(c1)C(F)(F)OC(F)(F)O2. The zero-order valence-electron chi connectivity index (χ0n) is 13.2. The summed E-state index contributed by atoms with van der Waals surface area (Å²) in [6.45, 7) is -0.380. The van der Waals surface area contributed by atoms with Crippen molar-refractivity contribution < 1.29 is 40.6 Å². The van der Waals surface area contributed by atoms with Crippen LogP contribution in [-0.2, 0) is 17.4 Å². The van der Waals surface area contributed by atoms with Crippen molar-refractivity contribution in [2.45, 2.75) is 18.9 Å². The van der Waals surface area contributed by atoms with E-state index in [1.54, 1.807) is 0 Å². The second-order valence-corrected chi connectivity index (χ2v) is 5.44. The lowest BCUT2D eigenvalue weighted by atomic mass is 10.1. The maximum atomic E-state index is 13.7. The summed E-state index contributed by atoms with van der Waals surface area (Å²) in [5, 5.41) is 4.36. The number of ether oxygens (including phenoxy) is 2. The Hall–Kier alpha value is -2.95. The Morgan fingerprint density at radius 1 is 1.04 bits per heavy atom. The van der Waals surface area contributed by atoms with E-state index in [4.69, 9.17) is 0 Å². The van der Waals surface area contributed by atoms with Crippen LogP contribution < -0.4 is 15.4 Å². The first kappa shape index (κ1) is 18.8. The van der Waals surface area contributed by atoms with Gasteiger partial charge >= 0.3 is 18.4 Å². The number of carbonyl (C=O) groups is 1. The highest BCUT2D eigenvalue weighted by atomic mass is 19.3. The van der Waals surface area contributed by atoms with Gasteiger partial charge in [-0.15, -0.1) is 8.78 Å². The molecule has 0 aromatic heterocycles. The summed E-state index contributed by atoms with van der Waals surface area (Å²) in [4.78, 5) is 11.8. The topological polar surface area (TPSA) is 59.6 Å². The van der Waals surface area contributed by atoms with Crippen LogP contribution in [0.1, 0.15) is 11.1 Å². The third-order valence-electron chi connectivity index (χ3n) is 3.47. The minimum absolute atomic E-state index is 0.133. The molecule has 2 aromatic rings. The number of nitrogens with one attached hydrogen (secondary N) is 2. The molecule has 0 aliphatic carbocycles. The van der Waals surface area contributed by atoms with E-state index >= 15 is 0 Å². The Bertz CT molecular complexity index is 890. The highest BCUT2D eigenvalue weighted by Crippen LogP contribution is 2.46. The molecule has 0 saturated carbocycles. The standard InChI is InChI=1S/C16H10F6N2O3/c17-9-1-3-12(18)8(5-9)7-23-14(25)24-10-2-4-13-11(6-10)15(19,20)27-16(21,22)26-13/h1-6H,7H2,(H2,23,24,25). The monoisotopic (exact) mass is 392 g/mol. The Labute approximate surface area is 147 Å². The highest BCUT2D eigenvalue weighted by Gasteiger charge is 2.54. The van der Waals surface area contributed by atoms with Crippen LogP contribution in [0, 0.1) is 11.6 Å². The Balaban J connectivity index is 1.70. The molecule has 27 heavy (non-hydrogen) atoms. The van der Waals surface area contributed by atoms with Crippen molar-refractivity contribution in [3.05, 3.63) is 59.2 Å². The molecule has 0 atom stereocenters. The molecule has 1 aliphatic rings. The molecule has 5 nitrogen and oxygen atoms in total. The largest absolute Gasteiger partial charge is 0.540 e. The number of amides is 2. The molecule has 2 aromatic carbocycles. The first-order valence-corrected chi connectivity index (χ1v) is 7.34. The Kier molecular flexibility index (Phi) is 4.64. The van der Waals surface area contributed by atoms with Crippen LogP contribution in [0.3, 0.4) is 0 Å². The average Bonchev–Trinajstić information content (AvgIpc) is 2.55. The number of urea groups is 1. The lowest BCUT2D eigenvalue weighted by molar-refractivity contribution is -0.461. The summed E-state index contributed by atoms with van der Waals surface area (Å²) in [6.07, 6.45) is -8.85. The fourth-order valence-corrected chi connectivity index (χ4v) is 2.31. The maximum absolute atomic E-state index is 13.7. The third kappa shape index (κ3) is 4.25. The minimum atomic E-state index is -4.50. The van der Waals surface area contributed by atoms with E-state index in [1.165, 1.54) is 0 Å². The van der Waals surface area contributed by atoms with E-state index in [9.17, 15) is 31.1 Å². The van der Waals surface area contributed by atoms with Crippen LogP contribution >= 0.6 is 0 Å². The number of halogens is 6. The van der Waals surface area contributed by atoms with Gasteiger partial charge in [0.2, 0.25) is 0 Å². The van der Waals surface area contributed by atoms with Gasteiger partial charge in [0.25, 0.3) is 0 Å². The van der Waals surface area contributed by atoms with Gasteiger partial charge in [0, 0.05) is 17.8 Å². The summed E-state index contributed by atoms with van der Waals surface area (Å²) >= 11 is 0. The third-order valence-corrected chi connectivity index (χ3v) is 3.47. The molecular weight excluding hydrogens is 382 g/mol. The average molecular weight is 392 g/mol. The summed E-state index contributed by atoms with van der Waals surface area (Å²) in [5.74, 6) is -2.27. The number of anilines is 1. The van der Waals surface area contributed by atoms with E-state index < -0.39 is 41.4 Å². The van der Waals surface area contributed by atoms with Crippen LogP contribution in [0.5, 0.6) is 5.75 Å². The van der Waals surface area contributed by atoms with Crippen molar-refractivity contribution in [2.75, 3.05) is 5.32 Å². The van der Waals surface area contributed by atoms with Gasteiger partial charge in [-0.25, -0.2) is 18.3 Å². The smallest absolute Gasteiger partial charge is 0.409 e. The summed E-state index contributed by atoms with van der Waals surface area (Å²) in [7, 11) is 0. The fourth-order valence-electron chi connectivity index (χ4n) is 2.31. The van der Waals surface area contributed by atoms with Crippen LogP contribution in [0.2, 0.25) is 0 Å². The van der Waals surface area contributed by atoms with Gasteiger partial charge in [0.15, 0.2) is 0 Å². The zero-order valence-corrected chi connectivity index (χ0v) is 13.2. The van der Waals surface area contributed by atoms with Crippen LogP contribution in [0.25, 0.3) is 0 Å². The predicted octanol–water partition coefficient (Wildman–Crippen LogP) is 4.30. The van der Waals surface area contributed by atoms with E-state index in [0.29, 0.717) is 6.07 Å². The van der Waals surface area contributed by atoms with Crippen molar-refractivity contribution in [3.63, 3.8) is 0 Å². The molecule has 2 N–H and O–H groups in total. The molecule has 0 unspecified atom stereocenters. The van der Waals surface area contributed by atoms with Gasteiger partial charge in [0.05, 0.1) is 5.56 Å². The lowest BCUT2D eigenvalue weighted by Gasteiger charge is -2.30. The number of alkyl halides is 4. The Morgan fingerprint density at radius 2 is 1.78 bits per heavy atom. The van der Waals surface area contributed by atoms with E-state index in [2.05, 4.69) is 20.1 Å². The van der Waals surface area contributed by atoms with Crippen LogP contribution in [0.15, 0.2) is 36.4 Å². The van der Waals surface area contributed by atoms with Gasteiger partial charge in [-0.3, -0.25) is 0 Å². The summed E-state index contributed by atoms with van der Waals surface area (Å²) < 4.78 is 87.1. The normalized spacial score (nSPS) is 16.8. The number of fused-ring (bicyclic) bond motifs is 1. The second kappa shape index (κ2) is 6.65. The second-order valence-electron chi connectivity index (χ2n) is 5.44. The number of rotatable bonds is 3. The highest BCUT2D eigenvalue weighted by molar-refractivity contribution is 5.89. The van der Waals surface area contributed by atoms with Gasteiger partial charge in [-0.2, -0.15) is 8.78 Å². The van der Waals surface area contributed by atoms with Crippen LogP contribution in [0.4, 0.5) is 36.8 Å². The number of hydrogen-bond acceptors (Lipinski definition) is 3. The molecule has 0 radical (unpaired) electrons. The van der Waals surface area contributed by atoms with Crippen LogP contribution in [-0.4, -0.2) is 12.3 Å². The first-order valence-electron chi connectivity index (χ1n) is 7.34. The molecule has 0 fully saturated rings. The quantitative estimate of drug-likeness (QED) is 0.766. The van der Waals surface area contributed by atoms with E-state index in [-0.39, 0.29) is 17.8 Å². The summed E-state index contributed by atoms with van der Waals surface area (Å²) in [5.41, 5.74) is -1.34. The van der Waals surface area contributed by atoms with E-state index in [1.807, 2.05) is 0 Å². The molecule has 0 bridgehead atoms. The van der Waals surface area contributed by atoms with Gasteiger partial charge in [-0.1, -0.05) is 0 Å². The number of hydrogen-bond donors (Lipinski definition) is 2. The zero-order chi connectivity index (χ0) is 19.8. The van der Waals surface area contributed by atoms with Crippen molar-refractivity contribution in [1.82, 2.24) is 5.32 Å². The molecule has 2 amide bonds. The Morgan fingerprint density at radius 3 is 2.52 bits per heavy atom. The minimum Gasteiger partial charge on any atom is -0.409 e. The molecule has 1 aliphatic heterocycles. The van der Waals surface area contributed by atoms with Crippen molar-refractivity contribution in [2.24, 2.45) is 0 Å². The molecule has 1 heterocycles. The van der Waals surface area contributed by atoms with Crippen molar-refractivity contribution >= 4 is 11.7 Å². The number of benzene rings is 2. The van der Waals surface area contributed by atoms with Crippen molar-refractivity contribution in [3.8, 4) is 5.75 Å². The van der Waals surface area contributed by atoms with Gasteiger partial charge in [-0.05, 0) is 36.4 Å². The van der Waals surface area contributed by atoms with Gasteiger partial charge < -0.3 is 15.4 Å². The maximum Gasteiger partial charge on any atom is 0.540 e. The molecule has 0 spiro atoms. The molecular formula is C16H10F6N2O3. The van der Waals surface area contributed by atoms with E-state index in [0.717, 1.165) is 30.3 Å². The molecule has 0 saturated heterocycles. The fraction of sp³-hybridized carbons (Fsp3) is 0.188. The first-order chi connectivity index (χ1) is 12.6. The van der Waals surface area contributed by atoms with Gasteiger partial charge in [0.1, 0.15) is 17.4 Å². The number of carbonyl (C=O) groups excluding carboxylic acids is 1. The molecule has 11 heteroatoms. The predicted molar refractivity (Wildman–Crippen MR) is 79.2 cm³/mol. The van der Waals surface area contributed by atoms with Crippen molar-refractivity contribution in [1.29, 1.82) is 0 Å². The lowest BCUT2D eigenvalue weighted by Crippen LogP contribution is -2.41. The summed E-state index contributed by atoms with van der Waals surface area (Å²) in [6, 6.07) is 4.27. The molecule has 144 valence electrons.